The Labute approximate surface area is 638 Å². The average Bonchev–Trinajstić information content (AvgIpc) is 1.57. The lowest BCUT2D eigenvalue weighted by Crippen LogP contribution is -2.53. The van der Waals surface area contributed by atoms with E-state index in [0.29, 0.717) is 88.3 Å². The van der Waals surface area contributed by atoms with E-state index < -0.39 is 68.2 Å². The van der Waals surface area contributed by atoms with Gasteiger partial charge in [0.2, 0.25) is 0 Å². The molecule has 570 valence electrons. The molecule has 109 heavy (non-hydrogen) atoms. The summed E-state index contributed by atoms with van der Waals surface area (Å²) in [7, 11) is -18.6. The number of aliphatic imine (C=N–C) groups is 5. The lowest BCUT2D eigenvalue weighted by molar-refractivity contribution is -0.141. The Kier molecular flexibility index (Phi) is 21.2. The van der Waals surface area contributed by atoms with Crippen LogP contribution in [0.15, 0.2) is 182 Å². The molecule has 28 nitrogen and oxygen atoms in total. The van der Waals surface area contributed by atoms with Crippen LogP contribution >= 0.6 is 11.6 Å². The number of rotatable bonds is 12. The molecule has 10 aliphatic rings. The van der Waals surface area contributed by atoms with Crippen LogP contribution in [-0.2, 0) is 101 Å². The molecule has 8 aromatic rings. The quantitative estimate of drug-likeness (QED) is 0.0716. The fourth-order valence-corrected chi connectivity index (χ4v) is 24.2. The van der Waals surface area contributed by atoms with E-state index in [1.807, 2.05) is 81.4 Å². The number of carbonyl (C=O) groups is 1. The van der Waals surface area contributed by atoms with E-state index in [4.69, 9.17) is 16.0 Å². The summed E-state index contributed by atoms with van der Waals surface area (Å²) < 4.78 is 144. The maximum absolute atomic E-state index is 13.0. The molecule has 6 aromatic heterocycles. The number of carboxylic acid groups (broad SMARTS) is 1. The fraction of sp³-hybridized carbons (Fsp3) is 0.373. The van der Waals surface area contributed by atoms with Gasteiger partial charge in [0.05, 0.1) is 72.6 Å². The zero-order chi connectivity index (χ0) is 77.2. The molecule has 4 fully saturated rings. The number of sulfonamides is 5. The van der Waals surface area contributed by atoms with Crippen LogP contribution in [0.1, 0.15) is 156 Å². The first-order valence-electron chi connectivity index (χ1n) is 35.4. The topological polar surface area (TPSA) is 399 Å². The largest absolute Gasteiger partial charge is 0.480 e. The first kappa shape index (κ1) is 76.9. The molecule has 12 heterocycles. The van der Waals surface area contributed by atoms with Gasteiger partial charge < -0.3 is 9.52 Å². The molecule has 0 amide bonds. The number of piperidine rings is 1. The van der Waals surface area contributed by atoms with Crippen molar-refractivity contribution in [2.45, 2.75) is 142 Å². The van der Waals surface area contributed by atoms with Gasteiger partial charge in [-0.05, 0) is 165 Å². The molecule has 4 aliphatic carbocycles. The molecule has 2 aromatic carbocycles. The molecule has 1 saturated heterocycles. The zero-order valence-corrected chi connectivity index (χ0v) is 65.1. The van der Waals surface area contributed by atoms with Crippen molar-refractivity contribution in [2.75, 3.05) is 6.54 Å². The number of halogens is 1. The molecule has 34 heteroatoms. The van der Waals surface area contributed by atoms with Crippen molar-refractivity contribution in [3.05, 3.63) is 242 Å². The number of nitrogens with one attached hydrogen (secondary N) is 4. The van der Waals surface area contributed by atoms with E-state index in [0.717, 1.165) is 57.3 Å². The summed E-state index contributed by atoms with van der Waals surface area (Å²) in [5.74, 6) is 1.12. The van der Waals surface area contributed by atoms with E-state index in [2.05, 4.69) is 89.5 Å². The van der Waals surface area contributed by atoms with E-state index in [-0.39, 0.29) is 91.5 Å². The highest BCUT2D eigenvalue weighted by Gasteiger charge is 2.62. The highest BCUT2D eigenvalue weighted by molar-refractivity contribution is 8.06. The monoisotopic (exact) mass is 1590 g/mol. The minimum atomic E-state index is -3.89. The summed E-state index contributed by atoms with van der Waals surface area (Å²) >= 11 is 6.38. The lowest BCUT2D eigenvalue weighted by Gasteiger charge is -2.42. The van der Waals surface area contributed by atoms with Gasteiger partial charge in [0.15, 0.2) is 25.2 Å². The van der Waals surface area contributed by atoms with Crippen molar-refractivity contribution in [1.82, 2.24) is 48.1 Å². The summed E-state index contributed by atoms with van der Waals surface area (Å²) in [6.45, 7) is 14.0. The van der Waals surface area contributed by atoms with Crippen molar-refractivity contribution in [1.29, 1.82) is 0 Å². The molecule has 4 unspecified atom stereocenters. The number of nitrogens with zero attached hydrogens (tertiary/aromatic N) is 11. The SMILES string of the molecule is CC1(C)C2CC[C@](C)(C2)C1NS(=O)(=O)C1=NCc2ncccc21.C[C@@H](NS(=O)(=O)C1=NCc2ncccc21)c1ccccc1.Cc1cc(CNS(=O)(=O)C2=NCc3ncccc32)c(C)o1.O=C(O)[C@@H]1[C@@H]2C[C@@H]2CN1S(=O)(=O)C1=NCc2ncccc21.O=S(=O)(NC1c2ccccc2CC1Cl)C1=NCc2ncccc21. The fourth-order valence-electron chi connectivity index (χ4n) is 16.1. The number of furan rings is 1. The molecule has 0 spiro atoms. The third-order valence-electron chi connectivity index (χ3n) is 21.6. The number of benzene rings is 2. The van der Waals surface area contributed by atoms with Crippen LogP contribution in [0, 0.1) is 42.4 Å². The van der Waals surface area contributed by atoms with Crippen molar-refractivity contribution >= 4 is 92.9 Å². The van der Waals surface area contributed by atoms with Gasteiger partial charge in [0.25, 0.3) is 50.1 Å². The van der Waals surface area contributed by atoms with E-state index in [1.165, 1.54) is 6.42 Å². The van der Waals surface area contributed by atoms with Gasteiger partial charge in [-0.1, -0.05) is 75.4 Å². The Bertz CT molecular complexity index is 5700. The van der Waals surface area contributed by atoms with Crippen LogP contribution < -0.4 is 18.9 Å². The second-order valence-corrected chi connectivity index (χ2v) is 38.1. The van der Waals surface area contributed by atoms with Gasteiger partial charge in [-0.15, -0.1) is 11.6 Å². The van der Waals surface area contributed by atoms with Crippen molar-refractivity contribution in [3.63, 3.8) is 0 Å². The number of hydrogen-bond donors (Lipinski definition) is 5. The zero-order valence-electron chi connectivity index (χ0n) is 60.2. The van der Waals surface area contributed by atoms with E-state index in [1.54, 1.807) is 91.6 Å². The molecule has 6 aliphatic heterocycles. The molecule has 0 radical (unpaired) electrons. The second-order valence-electron chi connectivity index (χ2n) is 29.1. The summed E-state index contributed by atoms with van der Waals surface area (Å²) in [5, 5.41) is 9.31. The summed E-state index contributed by atoms with van der Waals surface area (Å²) in [6, 6.07) is 34.4. The van der Waals surface area contributed by atoms with Crippen molar-refractivity contribution in [2.24, 2.45) is 53.5 Å². The number of alkyl halides is 1. The molecular weight excluding hydrogens is 1510 g/mol. The Morgan fingerprint density at radius 2 is 1.06 bits per heavy atom. The standard InChI is InChI=1S/C17H23N3O2S.C16H14ClN3O2S.C15H15N3O2S.C14H15N3O3S.C13H13N3O4S/c1-16(2)11-6-7-17(3,9-11)15(16)20-23(21,22)14-12-5-4-8-18-13(12)10-19-14;17-13-8-10-4-1-2-5-11(10)15(13)20-23(21,22)16-12-6-3-7-18-14(12)9-19-16;1-11(12-6-3-2-4-7-12)18-21(19,20)15-13-8-5-9-16-14(13)10-17-15;1-9-6-11(10(2)20-9)7-17-21(18,19)14-12-4-3-5-15-13(12)8-16-14;17-13(18)11-9-4-7(9)6-16(11)21(19,20)12-8-2-1-3-14-10(8)5-15-12/h4-5,8,11,15,20H,6-7,9-10H2,1-3H3;1-7,13,15,20H,8-9H2;2-9,11,18H,10H2,1H3;3-6,17H,7-8H2,1-2H3;1-3,7,9,11H,4-6H2,(H,17,18)/t11?,15?,17-;;11-;;7-,9-,11+/m1.1.1/s1. The van der Waals surface area contributed by atoms with Crippen molar-refractivity contribution in [3.8, 4) is 0 Å². The predicted molar refractivity (Wildman–Crippen MR) is 412 cm³/mol. The lowest BCUT2D eigenvalue weighted by atomic mass is 9.69. The Morgan fingerprint density at radius 3 is 1.53 bits per heavy atom. The number of aliphatic carboxylic acids is 1. The first-order valence-corrected chi connectivity index (χ1v) is 43.2. The normalized spacial score (nSPS) is 23.6. The van der Waals surface area contributed by atoms with Gasteiger partial charge in [-0.2, -0.15) is 4.31 Å². The van der Waals surface area contributed by atoms with Gasteiger partial charge in [0.1, 0.15) is 17.6 Å². The molecule has 5 N–H and O–H groups in total. The highest BCUT2D eigenvalue weighted by atomic mass is 35.5. The Hall–Kier alpha value is -8.87. The van der Waals surface area contributed by atoms with Crippen LogP contribution in [0.3, 0.4) is 0 Å². The van der Waals surface area contributed by atoms with Gasteiger partial charge >= 0.3 is 5.97 Å². The number of aryl methyl sites for hydroxylation is 2. The van der Waals surface area contributed by atoms with Crippen molar-refractivity contribution < 1.29 is 56.4 Å². The third kappa shape index (κ3) is 15.4. The molecule has 9 atom stereocenters. The number of pyridine rings is 5. The van der Waals surface area contributed by atoms with Crippen LogP contribution in [0.25, 0.3) is 0 Å². The van der Waals surface area contributed by atoms with Crippen LogP contribution in [0.4, 0.5) is 0 Å². The maximum Gasteiger partial charge on any atom is 0.322 e. The van der Waals surface area contributed by atoms with Gasteiger partial charge in [-0.3, -0.25) is 54.7 Å². The van der Waals surface area contributed by atoms with E-state index in [9.17, 15) is 52.0 Å². The summed E-state index contributed by atoms with van der Waals surface area (Å²) in [6.07, 6.45) is 13.0. The number of aromatic nitrogens is 5. The first-order chi connectivity index (χ1) is 51.8. The predicted octanol–water partition coefficient (Wildman–Crippen LogP) is 8.41. The minimum absolute atomic E-state index is 0.0169. The van der Waals surface area contributed by atoms with Crippen LogP contribution in [0.5, 0.6) is 0 Å². The third-order valence-corrected chi connectivity index (χ3v) is 29.6. The second kappa shape index (κ2) is 30.1. The number of hydrogen-bond acceptors (Lipinski definition) is 22. The Balaban J connectivity index is 0.000000114. The molecule has 3 saturated carbocycles. The molecule has 2 bridgehead atoms. The van der Waals surface area contributed by atoms with Gasteiger partial charge in [-0.25, -0.2) is 61.0 Å². The van der Waals surface area contributed by atoms with Crippen LogP contribution in [0.2, 0.25) is 0 Å². The number of fused-ring (bicyclic) bond motifs is 9. The molecule has 18 rings (SSSR count). The summed E-state index contributed by atoms with van der Waals surface area (Å²) in [5.41, 5.74) is 10.1. The highest BCUT2D eigenvalue weighted by Crippen LogP contribution is 2.62. The minimum Gasteiger partial charge on any atom is -0.480 e. The smallest absolute Gasteiger partial charge is 0.322 e. The maximum atomic E-state index is 13.0. The van der Waals surface area contributed by atoms with E-state index >= 15 is 0 Å². The Morgan fingerprint density at radius 1 is 0.596 bits per heavy atom. The summed E-state index contributed by atoms with van der Waals surface area (Å²) in [4.78, 5) is 52.9. The van der Waals surface area contributed by atoms with Crippen LogP contribution in [-0.4, -0.2) is 132 Å². The molecular formula is C75H80ClN15O13S5. The van der Waals surface area contributed by atoms with Gasteiger partial charge in [0, 0.05) is 89.5 Å². The average molecular weight is 1600 g/mol. The number of carboxylic acids is 1.